The fourth-order valence-electron chi connectivity index (χ4n) is 5.43. The van der Waals surface area contributed by atoms with E-state index in [-0.39, 0.29) is 11.9 Å². The molecule has 4 heteroatoms. The van der Waals surface area contributed by atoms with Crippen LogP contribution in [0.5, 0.6) is 0 Å². The van der Waals surface area contributed by atoms with Crippen LogP contribution in [0, 0.1) is 12.8 Å². The molecule has 1 unspecified atom stereocenters. The van der Waals surface area contributed by atoms with Crippen LogP contribution in [0.4, 0.5) is 0 Å². The van der Waals surface area contributed by atoms with Gasteiger partial charge in [-0.25, -0.2) is 0 Å². The second kappa shape index (κ2) is 10.5. The number of aryl methyl sites for hydroxylation is 1. The molecule has 1 atom stereocenters. The smallest absolute Gasteiger partial charge is 0.272 e. The molecule has 0 radical (unpaired) electrons. The lowest BCUT2D eigenvalue weighted by Gasteiger charge is -2.42. The van der Waals surface area contributed by atoms with Gasteiger partial charge in [-0.2, -0.15) is 0 Å². The second-order valence-electron chi connectivity index (χ2n) is 9.96. The lowest BCUT2D eigenvalue weighted by Crippen LogP contribution is -2.50. The lowest BCUT2D eigenvalue weighted by molar-refractivity contribution is 0.0477. The first-order valence-corrected chi connectivity index (χ1v) is 12.7. The molecular weight excluding hydrogens is 418 g/mol. The van der Waals surface area contributed by atoms with E-state index in [1.165, 1.54) is 16.7 Å². The summed E-state index contributed by atoms with van der Waals surface area (Å²) < 4.78 is 0. The molecule has 5 rings (SSSR count). The number of aromatic nitrogens is 1. The molecule has 4 nitrogen and oxygen atoms in total. The topological polar surface area (TPSA) is 36.4 Å². The maximum absolute atomic E-state index is 13.7. The van der Waals surface area contributed by atoms with Crippen LogP contribution in [0.2, 0.25) is 0 Å². The maximum Gasteiger partial charge on any atom is 0.272 e. The van der Waals surface area contributed by atoms with Crippen molar-refractivity contribution in [3.8, 4) is 0 Å². The average molecular weight is 454 g/mol. The molecule has 0 bridgehead atoms. The highest BCUT2D eigenvalue weighted by Crippen LogP contribution is 2.36. The summed E-state index contributed by atoms with van der Waals surface area (Å²) >= 11 is 0. The van der Waals surface area contributed by atoms with E-state index in [1.54, 1.807) is 6.20 Å². The highest BCUT2D eigenvalue weighted by molar-refractivity contribution is 5.93. The molecule has 1 aliphatic heterocycles. The monoisotopic (exact) mass is 453 g/mol. The molecule has 34 heavy (non-hydrogen) atoms. The van der Waals surface area contributed by atoms with Crippen LogP contribution in [0.1, 0.15) is 52.9 Å². The molecule has 1 aliphatic carbocycles. The largest absolute Gasteiger partial charge is 0.331 e. The van der Waals surface area contributed by atoms with Gasteiger partial charge in [0.15, 0.2) is 0 Å². The number of hydrogen-bond acceptors (Lipinski definition) is 3. The fraction of sp³-hybridized carbons (Fsp3) is 0.400. The summed E-state index contributed by atoms with van der Waals surface area (Å²) in [6.07, 6.45) is 7.11. The molecule has 2 heterocycles. The second-order valence-corrected chi connectivity index (χ2v) is 9.96. The zero-order valence-corrected chi connectivity index (χ0v) is 20.1. The van der Waals surface area contributed by atoms with Crippen molar-refractivity contribution in [3.05, 3.63) is 101 Å². The number of carbonyl (C=O) groups is 1. The third kappa shape index (κ3) is 5.39. The Morgan fingerprint density at radius 3 is 2.32 bits per heavy atom. The Hall–Kier alpha value is -2.98. The van der Waals surface area contributed by atoms with E-state index in [0.717, 1.165) is 51.7 Å². The van der Waals surface area contributed by atoms with Crippen molar-refractivity contribution in [3.63, 3.8) is 0 Å². The molecule has 0 spiro atoms. The number of amides is 1. The van der Waals surface area contributed by atoms with E-state index in [0.29, 0.717) is 17.7 Å². The van der Waals surface area contributed by atoms with Crippen LogP contribution < -0.4 is 0 Å². The van der Waals surface area contributed by atoms with E-state index in [1.807, 2.05) is 18.2 Å². The van der Waals surface area contributed by atoms with Gasteiger partial charge in [0.25, 0.3) is 5.91 Å². The van der Waals surface area contributed by atoms with Crippen LogP contribution in [0.15, 0.2) is 79.0 Å². The Balaban J connectivity index is 1.35. The summed E-state index contributed by atoms with van der Waals surface area (Å²) in [5.74, 6) is 0.605. The molecule has 3 aromatic rings. The number of rotatable bonds is 8. The van der Waals surface area contributed by atoms with E-state index in [2.05, 4.69) is 76.3 Å². The van der Waals surface area contributed by atoms with Crippen LogP contribution in [-0.4, -0.2) is 45.9 Å². The van der Waals surface area contributed by atoms with E-state index >= 15 is 0 Å². The Morgan fingerprint density at radius 1 is 0.941 bits per heavy atom. The number of nitrogens with zero attached hydrogens (tertiary/aromatic N) is 3. The Labute approximate surface area is 203 Å². The van der Waals surface area contributed by atoms with Crippen molar-refractivity contribution >= 4 is 5.91 Å². The highest BCUT2D eigenvalue weighted by Gasteiger charge is 2.42. The molecule has 2 aromatic carbocycles. The van der Waals surface area contributed by atoms with Crippen molar-refractivity contribution in [1.29, 1.82) is 0 Å². The van der Waals surface area contributed by atoms with Crippen LogP contribution in [-0.2, 0) is 13.0 Å². The van der Waals surface area contributed by atoms with Gasteiger partial charge in [-0.15, -0.1) is 0 Å². The molecule has 1 saturated carbocycles. The zero-order chi connectivity index (χ0) is 23.3. The minimum Gasteiger partial charge on any atom is -0.331 e. The summed E-state index contributed by atoms with van der Waals surface area (Å²) in [6, 6.07) is 25.6. The van der Waals surface area contributed by atoms with Crippen molar-refractivity contribution < 1.29 is 4.79 Å². The van der Waals surface area contributed by atoms with Crippen molar-refractivity contribution in [2.24, 2.45) is 5.92 Å². The van der Waals surface area contributed by atoms with E-state index in [4.69, 9.17) is 0 Å². The third-order valence-electron chi connectivity index (χ3n) is 7.54. The average Bonchev–Trinajstić information content (AvgIpc) is 3.72. The summed E-state index contributed by atoms with van der Waals surface area (Å²) in [6.45, 7) is 5.39. The van der Waals surface area contributed by atoms with E-state index in [9.17, 15) is 4.79 Å². The number of piperidine rings is 1. The van der Waals surface area contributed by atoms with Gasteiger partial charge in [-0.1, -0.05) is 60.7 Å². The predicted octanol–water partition coefficient (Wildman–Crippen LogP) is 5.52. The van der Waals surface area contributed by atoms with Crippen LogP contribution >= 0.6 is 0 Å². The van der Waals surface area contributed by atoms with Gasteiger partial charge < -0.3 is 4.90 Å². The Morgan fingerprint density at radius 2 is 1.65 bits per heavy atom. The number of likely N-dealkylation sites (tertiary alicyclic amines) is 1. The Kier molecular flexibility index (Phi) is 7.05. The van der Waals surface area contributed by atoms with Gasteiger partial charge in [-0.05, 0) is 86.9 Å². The third-order valence-corrected chi connectivity index (χ3v) is 7.54. The minimum absolute atomic E-state index is 0.103. The summed E-state index contributed by atoms with van der Waals surface area (Å²) in [7, 11) is 0. The van der Waals surface area contributed by atoms with E-state index < -0.39 is 0 Å². The summed E-state index contributed by atoms with van der Waals surface area (Å²) in [5, 5.41) is 0. The first-order valence-electron chi connectivity index (χ1n) is 12.7. The number of carbonyl (C=O) groups excluding carboxylic acids is 1. The SMILES string of the molecule is Cc1ccccc1CN1CCC(C(Cc2ccccc2)N(C(=O)c2ccccn2)C2CC2)CC1. The van der Waals surface area contributed by atoms with Gasteiger partial charge in [0.05, 0.1) is 0 Å². The predicted molar refractivity (Wildman–Crippen MR) is 137 cm³/mol. The first kappa shape index (κ1) is 22.8. The minimum atomic E-state index is 0.103. The summed E-state index contributed by atoms with van der Waals surface area (Å²) in [4.78, 5) is 22.9. The van der Waals surface area contributed by atoms with Crippen LogP contribution in [0.25, 0.3) is 0 Å². The van der Waals surface area contributed by atoms with Gasteiger partial charge in [0.2, 0.25) is 0 Å². The number of hydrogen-bond donors (Lipinski definition) is 0. The van der Waals surface area contributed by atoms with Gasteiger partial charge in [0.1, 0.15) is 5.69 Å². The molecule has 2 aliphatic rings. The number of benzene rings is 2. The van der Waals surface area contributed by atoms with Crippen molar-refractivity contribution in [2.45, 2.75) is 57.7 Å². The highest BCUT2D eigenvalue weighted by atomic mass is 16.2. The maximum atomic E-state index is 13.7. The molecule has 1 aromatic heterocycles. The first-order chi connectivity index (χ1) is 16.7. The fourth-order valence-corrected chi connectivity index (χ4v) is 5.43. The standard InChI is InChI=1S/C30H35N3O/c1-23-9-5-6-12-26(23)22-32-19-16-25(17-20-32)29(21-24-10-3-2-4-11-24)33(27-14-15-27)30(34)28-13-7-8-18-31-28/h2-13,18,25,27,29H,14-17,19-22H2,1H3. The number of pyridine rings is 1. The van der Waals surface area contributed by atoms with Gasteiger partial charge in [0, 0.05) is 24.8 Å². The lowest BCUT2D eigenvalue weighted by atomic mass is 9.84. The normalized spacial score (nSPS) is 17.9. The molecule has 1 amide bonds. The molecule has 2 fully saturated rings. The van der Waals surface area contributed by atoms with Crippen LogP contribution in [0.3, 0.4) is 0 Å². The molecule has 0 N–H and O–H groups in total. The Bertz CT molecular complexity index is 1070. The van der Waals surface area contributed by atoms with Crippen molar-refractivity contribution in [2.75, 3.05) is 13.1 Å². The van der Waals surface area contributed by atoms with Crippen molar-refractivity contribution in [1.82, 2.24) is 14.8 Å². The summed E-state index contributed by atoms with van der Waals surface area (Å²) in [5.41, 5.74) is 4.68. The molecule has 176 valence electrons. The quantitative estimate of drug-likeness (QED) is 0.451. The molecule has 1 saturated heterocycles. The van der Waals surface area contributed by atoms with Gasteiger partial charge in [-0.3, -0.25) is 14.7 Å². The zero-order valence-electron chi connectivity index (χ0n) is 20.1. The van der Waals surface area contributed by atoms with Gasteiger partial charge >= 0.3 is 0 Å². The molecular formula is C30H35N3O.